The van der Waals surface area contributed by atoms with Gasteiger partial charge in [0.1, 0.15) is 0 Å². The molecule has 1 aromatic rings. The first kappa shape index (κ1) is 14.3. The molecular weight excluding hydrogens is 260 g/mol. The number of rotatable bonds is 2. The second kappa shape index (κ2) is 6.38. The molecule has 0 unspecified atom stereocenters. The molecule has 1 aromatic carbocycles. The average molecular weight is 278 g/mol. The number of methoxy groups -OCH3 is 1. The Labute approximate surface area is 117 Å². The number of ether oxygens (including phenoxy) is 2. The van der Waals surface area contributed by atoms with Gasteiger partial charge in [-0.25, -0.2) is 9.59 Å². The molecule has 0 aliphatic carbocycles. The van der Waals surface area contributed by atoms with Gasteiger partial charge >= 0.3 is 12.0 Å². The van der Waals surface area contributed by atoms with Crippen LogP contribution in [0.1, 0.15) is 15.9 Å². The van der Waals surface area contributed by atoms with Crippen LogP contribution in [0.3, 0.4) is 0 Å². The Morgan fingerprint density at radius 1 is 1.30 bits per heavy atom. The van der Waals surface area contributed by atoms with E-state index in [4.69, 9.17) is 4.74 Å². The summed E-state index contributed by atoms with van der Waals surface area (Å²) in [6.07, 6.45) is 0. The van der Waals surface area contributed by atoms with Gasteiger partial charge in [0.05, 0.1) is 25.9 Å². The third-order valence-corrected chi connectivity index (χ3v) is 3.19. The van der Waals surface area contributed by atoms with Gasteiger partial charge in [-0.05, 0) is 30.7 Å². The largest absolute Gasteiger partial charge is 0.465 e. The van der Waals surface area contributed by atoms with Crippen molar-refractivity contribution >= 4 is 17.7 Å². The number of carbonyl (C=O) groups is 2. The van der Waals surface area contributed by atoms with E-state index in [0.29, 0.717) is 37.6 Å². The van der Waals surface area contributed by atoms with Crippen LogP contribution in [0, 0.1) is 6.92 Å². The number of nitrogens with zero attached hydrogens (tertiary/aromatic N) is 1. The molecule has 0 spiro atoms. The second-order valence-electron chi connectivity index (χ2n) is 4.55. The van der Waals surface area contributed by atoms with Crippen molar-refractivity contribution in [2.75, 3.05) is 38.7 Å². The van der Waals surface area contributed by atoms with Crippen LogP contribution in [0.25, 0.3) is 0 Å². The van der Waals surface area contributed by atoms with Crippen LogP contribution >= 0.6 is 0 Å². The van der Waals surface area contributed by atoms with Gasteiger partial charge in [-0.1, -0.05) is 0 Å². The van der Waals surface area contributed by atoms with Crippen molar-refractivity contribution in [2.45, 2.75) is 6.92 Å². The zero-order valence-electron chi connectivity index (χ0n) is 11.6. The van der Waals surface area contributed by atoms with Gasteiger partial charge in [0.2, 0.25) is 0 Å². The highest BCUT2D eigenvalue weighted by Gasteiger charge is 2.17. The zero-order valence-corrected chi connectivity index (χ0v) is 11.6. The van der Waals surface area contributed by atoms with Crippen molar-refractivity contribution < 1.29 is 19.1 Å². The normalized spacial score (nSPS) is 14.8. The fraction of sp³-hybridized carbons (Fsp3) is 0.429. The van der Waals surface area contributed by atoms with E-state index in [-0.39, 0.29) is 12.0 Å². The maximum atomic E-state index is 12.1. The van der Waals surface area contributed by atoms with Crippen molar-refractivity contribution in [3.05, 3.63) is 29.3 Å². The first-order valence-corrected chi connectivity index (χ1v) is 6.44. The van der Waals surface area contributed by atoms with E-state index in [9.17, 15) is 9.59 Å². The number of anilines is 1. The number of nitrogens with one attached hydrogen (secondary N) is 1. The number of morpholine rings is 1. The highest BCUT2D eigenvalue weighted by Crippen LogP contribution is 2.18. The van der Waals surface area contributed by atoms with Crippen molar-refractivity contribution in [1.82, 2.24) is 4.90 Å². The number of hydrogen-bond donors (Lipinski definition) is 1. The quantitative estimate of drug-likeness (QED) is 0.835. The van der Waals surface area contributed by atoms with Gasteiger partial charge < -0.3 is 19.7 Å². The van der Waals surface area contributed by atoms with E-state index >= 15 is 0 Å². The smallest absolute Gasteiger partial charge is 0.337 e. The topological polar surface area (TPSA) is 67.9 Å². The Bertz CT molecular complexity index is 510. The predicted octanol–water partition coefficient (Wildman–Crippen LogP) is 1.65. The summed E-state index contributed by atoms with van der Waals surface area (Å²) >= 11 is 0. The van der Waals surface area contributed by atoms with Gasteiger partial charge in [0.25, 0.3) is 0 Å². The monoisotopic (exact) mass is 278 g/mol. The molecule has 1 N–H and O–H groups in total. The van der Waals surface area contributed by atoms with Gasteiger partial charge in [-0.2, -0.15) is 0 Å². The van der Waals surface area contributed by atoms with Crippen molar-refractivity contribution in [2.24, 2.45) is 0 Å². The number of urea groups is 1. The van der Waals surface area contributed by atoms with Gasteiger partial charge in [0.15, 0.2) is 0 Å². The summed E-state index contributed by atoms with van der Waals surface area (Å²) in [5.41, 5.74) is 1.97. The summed E-state index contributed by atoms with van der Waals surface area (Å²) in [4.78, 5) is 25.2. The number of carbonyl (C=O) groups excluding carboxylic acids is 2. The minimum Gasteiger partial charge on any atom is -0.465 e. The number of benzene rings is 1. The molecule has 0 bridgehead atoms. The standard InChI is InChI=1S/C14H18N2O4/c1-10-9-11(13(17)19-2)3-4-12(10)15-14(18)16-5-7-20-8-6-16/h3-4,9H,5-8H2,1-2H3,(H,15,18). The van der Waals surface area contributed by atoms with E-state index in [1.807, 2.05) is 6.92 Å². The Hall–Kier alpha value is -2.08. The SMILES string of the molecule is COC(=O)c1ccc(NC(=O)N2CCOCC2)c(C)c1. The summed E-state index contributed by atoms with van der Waals surface area (Å²) < 4.78 is 9.86. The maximum Gasteiger partial charge on any atom is 0.337 e. The fourth-order valence-corrected chi connectivity index (χ4v) is 2.01. The Morgan fingerprint density at radius 3 is 2.60 bits per heavy atom. The Morgan fingerprint density at radius 2 is 2.00 bits per heavy atom. The van der Waals surface area contributed by atoms with Crippen LogP contribution in [0.5, 0.6) is 0 Å². The summed E-state index contributed by atoms with van der Waals surface area (Å²) in [6, 6.07) is 4.89. The molecule has 0 radical (unpaired) electrons. The van der Waals surface area contributed by atoms with Crippen LogP contribution in [0.4, 0.5) is 10.5 Å². The molecule has 0 aromatic heterocycles. The second-order valence-corrected chi connectivity index (χ2v) is 4.55. The maximum absolute atomic E-state index is 12.1. The van der Waals surface area contributed by atoms with Gasteiger partial charge in [0, 0.05) is 18.8 Å². The molecule has 1 aliphatic heterocycles. The van der Waals surface area contributed by atoms with Gasteiger partial charge in [-0.15, -0.1) is 0 Å². The number of esters is 1. The lowest BCUT2D eigenvalue weighted by Gasteiger charge is -2.27. The lowest BCUT2D eigenvalue weighted by Crippen LogP contribution is -2.43. The van der Waals surface area contributed by atoms with E-state index in [1.54, 1.807) is 23.1 Å². The lowest BCUT2D eigenvalue weighted by atomic mass is 10.1. The molecule has 2 rings (SSSR count). The third-order valence-electron chi connectivity index (χ3n) is 3.19. The van der Waals surface area contributed by atoms with Crippen LogP contribution in [0.2, 0.25) is 0 Å². The van der Waals surface area contributed by atoms with E-state index in [2.05, 4.69) is 10.1 Å². The molecule has 6 nitrogen and oxygen atoms in total. The summed E-state index contributed by atoms with van der Waals surface area (Å²) in [6.45, 7) is 4.14. The molecule has 0 saturated carbocycles. The zero-order chi connectivity index (χ0) is 14.5. The lowest BCUT2D eigenvalue weighted by molar-refractivity contribution is 0.0564. The van der Waals surface area contributed by atoms with E-state index in [0.717, 1.165) is 5.56 Å². The van der Waals surface area contributed by atoms with Crippen molar-refractivity contribution in [3.8, 4) is 0 Å². The van der Waals surface area contributed by atoms with Crippen LogP contribution in [-0.2, 0) is 9.47 Å². The number of aryl methyl sites for hydroxylation is 1. The van der Waals surface area contributed by atoms with Crippen molar-refractivity contribution in [1.29, 1.82) is 0 Å². The van der Waals surface area contributed by atoms with E-state index < -0.39 is 0 Å². The molecule has 2 amide bonds. The summed E-state index contributed by atoms with van der Waals surface area (Å²) in [5, 5.41) is 2.84. The Balaban J connectivity index is 2.05. The van der Waals surface area contributed by atoms with Crippen LogP contribution in [0.15, 0.2) is 18.2 Å². The number of amides is 2. The summed E-state index contributed by atoms with van der Waals surface area (Å²) in [7, 11) is 1.34. The van der Waals surface area contributed by atoms with Crippen LogP contribution in [-0.4, -0.2) is 50.3 Å². The minimum absolute atomic E-state index is 0.151. The molecule has 108 valence electrons. The molecule has 20 heavy (non-hydrogen) atoms. The van der Waals surface area contributed by atoms with Gasteiger partial charge in [-0.3, -0.25) is 0 Å². The van der Waals surface area contributed by atoms with E-state index in [1.165, 1.54) is 7.11 Å². The average Bonchev–Trinajstić information content (AvgIpc) is 2.49. The molecular formula is C14H18N2O4. The minimum atomic E-state index is -0.390. The molecule has 1 saturated heterocycles. The number of hydrogen-bond acceptors (Lipinski definition) is 4. The van der Waals surface area contributed by atoms with Crippen LogP contribution < -0.4 is 5.32 Å². The molecule has 1 fully saturated rings. The third kappa shape index (κ3) is 3.27. The first-order chi connectivity index (χ1) is 9.61. The fourth-order valence-electron chi connectivity index (χ4n) is 2.01. The van der Waals surface area contributed by atoms with Crippen molar-refractivity contribution in [3.63, 3.8) is 0 Å². The highest BCUT2D eigenvalue weighted by atomic mass is 16.5. The summed E-state index contributed by atoms with van der Waals surface area (Å²) in [5.74, 6) is -0.390. The highest BCUT2D eigenvalue weighted by molar-refractivity contribution is 5.93. The predicted molar refractivity (Wildman–Crippen MR) is 73.9 cm³/mol. The first-order valence-electron chi connectivity index (χ1n) is 6.44. The Kier molecular flexibility index (Phi) is 4.57. The molecule has 6 heteroatoms. The molecule has 1 heterocycles. The molecule has 0 atom stereocenters. The molecule has 1 aliphatic rings.